The fourth-order valence-electron chi connectivity index (χ4n) is 4.03. The molecule has 4 aliphatic rings. The first kappa shape index (κ1) is 11.0. The normalized spacial score (nSPS) is 47.5. The molecule has 2 fully saturated rings. The molecule has 0 N–H and O–H groups in total. The van der Waals surface area contributed by atoms with E-state index in [9.17, 15) is 9.59 Å². The molecule has 0 amide bonds. The summed E-state index contributed by atoms with van der Waals surface area (Å²) in [5, 5.41) is 0. The monoisotopic (exact) mass is 234 g/mol. The van der Waals surface area contributed by atoms with E-state index in [4.69, 9.17) is 4.74 Å². The molecule has 2 bridgehead atoms. The van der Waals surface area contributed by atoms with Crippen LogP contribution in [0.15, 0.2) is 12.2 Å². The zero-order valence-corrected chi connectivity index (χ0v) is 10.5. The lowest BCUT2D eigenvalue weighted by Crippen LogP contribution is -2.53. The van der Waals surface area contributed by atoms with Crippen molar-refractivity contribution in [3.63, 3.8) is 0 Å². The van der Waals surface area contributed by atoms with E-state index in [-0.39, 0.29) is 34.6 Å². The lowest BCUT2D eigenvalue weighted by molar-refractivity contribution is -0.154. The number of allylic oxidation sites excluding steroid dienone is 2. The maximum Gasteiger partial charge on any atom is 0.318 e. The molecular formula is C14H18O3. The summed E-state index contributed by atoms with van der Waals surface area (Å²) in [7, 11) is 0. The Morgan fingerprint density at radius 1 is 1.18 bits per heavy atom. The van der Waals surface area contributed by atoms with E-state index < -0.39 is 0 Å². The number of carbonyl (C=O) groups excluding carboxylic acids is 2. The van der Waals surface area contributed by atoms with Gasteiger partial charge in [0.25, 0.3) is 0 Å². The minimum absolute atomic E-state index is 0.161. The Hall–Kier alpha value is -1.12. The van der Waals surface area contributed by atoms with Crippen LogP contribution in [0.2, 0.25) is 0 Å². The average Bonchev–Trinajstić information content (AvgIpc) is 2.58. The third-order valence-electron chi connectivity index (χ3n) is 5.28. The van der Waals surface area contributed by atoms with Gasteiger partial charge in [-0.05, 0) is 24.2 Å². The molecule has 0 aromatic heterocycles. The smallest absolute Gasteiger partial charge is 0.318 e. The summed E-state index contributed by atoms with van der Waals surface area (Å²) in [5.74, 6) is -0.759. The molecule has 1 saturated heterocycles. The summed E-state index contributed by atoms with van der Waals surface area (Å²) in [6.45, 7) is 6.33. The zero-order chi connectivity index (χ0) is 12.4. The van der Waals surface area contributed by atoms with Crippen molar-refractivity contribution in [1.29, 1.82) is 0 Å². The van der Waals surface area contributed by atoms with Gasteiger partial charge in [-0.3, -0.25) is 9.59 Å². The second kappa shape index (κ2) is 3.01. The van der Waals surface area contributed by atoms with E-state index in [1.807, 2.05) is 0 Å². The number of rotatable bonds is 1. The molecule has 17 heavy (non-hydrogen) atoms. The van der Waals surface area contributed by atoms with E-state index in [2.05, 4.69) is 32.9 Å². The van der Waals surface area contributed by atoms with Gasteiger partial charge in [0.05, 0.1) is 11.8 Å². The lowest BCUT2D eigenvalue weighted by Gasteiger charge is -2.54. The van der Waals surface area contributed by atoms with E-state index in [1.54, 1.807) is 0 Å². The average molecular weight is 234 g/mol. The van der Waals surface area contributed by atoms with Crippen LogP contribution in [0.25, 0.3) is 0 Å². The van der Waals surface area contributed by atoms with Crippen molar-refractivity contribution in [3.05, 3.63) is 12.2 Å². The third kappa shape index (κ3) is 1.12. The highest BCUT2D eigenvalue weighted by Crippen LogP contribution is 2.63. The maximum atomic E-state index is 12.0. The molecular weight excluding hydrogens is 216 g/mol. The highest BCUT2D eigenvalue weighted by atomic mass is 16.6. The second-order valence-corrected chi connectivity index (χ2v) is 6.30. The third-order valence-corrected chi connectivity index (χ3v) is 5.28. The standard InChI is InChI=1S/C14H18O3/c1-8(2)14-6-4-13(3,5-7-14)9-10(14)12(16)17-11(9)15/h4,6,8-10H,5,7H2,1-3H3/t9-,10+,13?,14?/m0/s1. The SMILES string of the molecule is CC(C)C12C=CC(C)(CC1)[C@@H]1C(=O)OC(=O)[C@@H]12. The number of cyclic esters (lactones) is 2. The summed E-state index contributed by atoms with van der Waals surface area (Å²) in [6.07, 6.45) is 6.30. The Kier molecular flexibility index (Phi) is 1.94. The van der Waals surface area contributed by atoms with Crippen LogP contribution in [-0.2, 0) is 14.3 Å². The van der Waals surface area contributed by atoms with Crippen LogP contribution in [0.4, 0.5) is 0 Å². The molecule has 3 aliphatic carbocycles. The van der Waals surface area contributed by atoms with Gasteiger partial charge in [0.15, 0.2) is 0 Å². The molecule has 0 aromatic rings. The van der Waals surface area contributed by atoms with Crippen LogP contribution < -0.4 is 0 Å². The van der Waals surface area contributed by atoms with Crippen molar-refractivity contribution in [2.24, 2.45) is 28.6 Å². The van der Waals surface area contributed by atoms with Gasteiger partial charge in [-0.1, -0.05) is 32.9 Å². The predicted octanol–water partition coefficient (Wildman–Crippen LogP) is 2.31. The minimum atomic E-state index is -0.309. The Labute approximate surface area is 101 Å². The van der Waals surface area contributed by atoms with E-state index in [0.29, 0.717) is 5.92 Å². The van der Waals surface area contributed by atoms with Crippen LogP contribution in [0.3, 0.4) is 0 Å². The van der Waals surface area contributed by atoms with E-state index >= 15 is 0 Å². The van der Waals surface area contributed by atoms with Crippen molar-refractivity contribution in [2.45, 2.75) is 33.6 Å². The van der Waals surface area contributed by atoms with Gasteiger partial charge >= 0.3 is 11.9 Å². The number of hydrogen-bond donors (Lipinski definition) is 0. The van der Waals surface area contributed by atoms with Gasteiger partial charge in [0, 0.05) is 5.41 Å². The number of fused-ring (bicyclic) bond motifs is 1. The van der Waals surface area contributed by atoms with Gasteiger partial charge in [-0.25, -0.2) is 0 Å². The summed E-state index contributed by atoms with van der Waals surface area (Å²) < 4.78 is 4.91. The molecule has 1 aliphatic heterocycles. The maximum absolute atomic E-state index is 12.0. The molecule has 92 valence electrons. The van der Waals surface area contributed by atoms with Gasteiger partial charge in [-0.15, -0.1) is 0 Å². The molecule has 0 radical (unpaired) electrons. The molecule has 1 saturated carbocycles. The largest absolute Gasteiger partial charge is 0.393 e. The molecule has 0 aromatic carbocycles. The fraction of sp³-hybridized carbons (Fsp3) is 0.714. The van der Waals surface area contributed by atoms with Crippen LogP contribution in [0.5, 0.6) is 0 Å². The lowest BCUT2D eigenvalue weighted by atomic mass is 9.46. The molecule has 3 heteroatoms. The number of carbonyl (C=O) groups is 2. The Morgan fingerprint density at radius 2 is 1.82 bits per heavy atom. The fourth-order valence-corrected chi connectivity index (χ4v) is 4.03. The number of hydrogen-bond acceptors (Lipinski definition) is 3. The van der Waals surface area contributed by atoms with E-state index in [0.717, 1.165) is 12.8 Å². The Morgan fingerprint density at radius 3 is 2.35 bits per heavy atom. The van der Waals surface area contributed by atoms with Gasteiger partial charge in [-0.2, -0.15) is 0 Å². The van der Waals surface area contributed by atoms with Crippen molar-refractivity contribution in [3.8, 4) is 0 Å². The predicted molar refractivity (Wildman–Crippen MR) is 61.8 cm³/mol. The first-order valence-corrected chi connectivity index (χ1v) is 6.37. The zero-order valence-electron chi connectivity index (χ0n) is 10.5. The minimum Gasteiger partial charge on any atom is -0.393 e. The van der Waals surface area contributed by atoms with Crippen molar-refractivity contribution < 1.29 is 14.3 Å². The summed E-state index contributed by atoms with van der Waals surface area (Å²) >= 11 is 0. The molecule has 1 heterocycles. The molecule has 3 nitrogen and oxygen atoms in total. The molecule has 2 unspecified atom stereocenters. The topological polar surface area (TPSA) is 43.4 Å². The molecule has 4 rings (SSSR count). The first-order valence-electron chi connectivity index (χ1n) is 6.37. The van der Waals surface area contributed by atoms with Crippen LogP contribution in [0.1, 0.15) is 33.6 Å². The van der Waals surface area contributed by atoms with Crippen LogP contribution >= 0.6 is 0 Å². The quantitative estimate of drug-likeness (QED) is 0.397. The number of ether oxygens (including phenoxy) is 1. The molecule has 4 atom stereocenters. The van der Waals surface area contributed by atoms with Crippen molar-refractivity contribution in [1.82, 2.24) is 0 Å². The second-order valence-electron chi connectivity index (χ2n) is 6.30. The highest BCUT2D eigenvalue weighted by Gasteiger charge is 2.66. The van der Waals surface area contributed by atoms with Crippen LogP contribution in [-0.4, -0.2) is 11.9 Å². The first-order chi connectivity index (χ1) is 7.91. The summed E-state index contributed by atoms with van der Waals surface area (Å²) in [4.78, 5) is 23.9. The van der Waals surface area contributed by atoms with Crippen molar-refractivity contribution >= 4 is 11.9 Å². The Bertz CT molecular complexity index is 437. The Balaban J connectivity index is 2.18. The van der Waals surface area contributed by atoms with Crippen LogP contribution in [0, 0.1) is 28.6 Å². The van der Waals surface area contributed by atoms with Gasteiger partial charge in [0.1, 0.15) is 0 Å². The van der Waals surface area contributed by atoms with Crippen molar-refractivity contribution in [2.75, 3.05) is 0 Å². The van der Waals surface area contributed by atoms with E-state index in [1.165, 1.54) is 0 Å². The summed E-state index contributed by atoms with van der Waals surface area (Å²) in [5.41, 5.74) is -0.337. The number of esters is 2. The van der Waals surface area contributed by atoms with Gasteiger partial charge < -0.3 is 4.74 Å². The molecule has 0 spiro atoms. The summed E-state index contributed by atoms with van der Waals surface area (Å²) in [6, 6.07) is 0. The van der Waals surface area contributed by atoms with Gasteiger partial charge in [0.2, 0.25) is 0 Å². The highest BCUT2D eigenvalue weighted by molar-refractivity contribution is 5.98.